The summed E-state index contributed by atoms with van der Waals surface area (Å²) in [7, 11) is 0. The highest BCUT2D eigenvalue weighted by Gasteiger charge is 2.18. The van der Waals surface area contributed by atoms with E-state index in [1.165, 1.54) is 12.1 Å². The van der Waals surface area contributed by atoms with Crippen molar-refractivity contribution in [2.45, 2.75) is 13.0 Å². The van der Waals surface area contributed by atoms with Crippen LogP contribution in [0.2, 0.25) is 0 Å². The molecule has 0 fully saturated rings. The van der Waals surface area contributed by atoms with Gasteiger partial charge in [-0.2, -0.15) is 0 Å². The first-order valence-corrected chi connectivity index (χ1v) is 5.34. The maximum atomic E-state index is 13.5. The smallest absolute Gasteiger partial charge is 0.145 e. The Morgan fingerprint density at radius 3 is 2.73 bits per heavy atom. The zero-order valence-corrected chi connectivity index (χ0v) is 9.85. The van der Waals surface area contributed by atoms with E-state index in [2.05, 4.69) is 15.9 Å². The number of benzene rings is 1. The van der Waals surface area contributed by atoms with Crippen molar-refractivity contribution in [3.63, 3.8) is 0 Å². The van der Waals surface area contributed by atoms with Crippen LogP contribution in [0.25, 0.3) is 0 Å². The number of hydrogen-bond donors (Lipinski definition) is 1. The molecular weight excluding hydrogens is 268 g/mol. The van der Waals surface area contributed by atoms with Gasteiger partial charge >= 0.3 is 0 Å². The zero-order valence-electron chi connectivity index (χ0n) is 8.27. The summed E-state index contributed by atoms with van der Waals surface area (Å²) in [4.78, 5) is 0. The van der Waals surface area contributed by atoms with Crippen molar-refractivity contribution in [3.8, 4) is 0 Å². The minimum Gasteiger partial charge on any atom is -0.380 e. The second kappa shape index (κ2) is 5.53. The SMILES string of the molecule is CCOCC(N)c1c(F)ccc(Br)c1F. The summed E-state index contributed by atoms with van der Waals surface area (Å²) in [5.41, 5.74) is 5.48. The van der Waals surface area contributed by atoms with E-state index in [1.807, 2.05) is 0 Å². The Labute approximate surface area is 95.5 Å². The molecule has 0 aliphatic heterocycles. The molecule has 0 aliphatic rings. The third-order valence-corrected chi connectivity index (χ3v) is 2.56. The lowest BCUT2D eigenvalue weighted by Crippen LogP contribution is -2.20. The molecule has 0 bridgehead atoms. The van der Waals surface area contributed by atoms with E-state index in [9.17, 15) is 8.78 Å². The molecule has 1 aromatic carbocycles. The number of rotatable bonds is 4. The Bertz CT molecular complexity index is 346. The molecule has 15 heavy (non-hydrogen) atoms. The number of ether oxygens (including phenoxy) is 1. The van der Waals surface area contributed by atoms with Crippen LogP contribution >= 0.6 is 15.9 Å². The lowest BCUT2D eigenvalue weighted by Gasteiger charge is -2.14. The second-order valence-corrected chi connectivity index (χ2v) is 3.88. The Morgan fingerprint density at radius 2 is 2.13 bits per heavy atom. The van der Waals surface area contributed by atoms with Gasteiger partial charge in [-0.3, -0.25) is 0 Å². The van der Waals surface area contributed by atoms with Gasteiger partial charge in [0.05, 0.1) is 17.1 Å². The normalized spacial score (nSPS) is 12.9. The predicted molar refractivity (Wildman–Crippen MR) is 57.5 cm³/mol. The molecule has 0 aliphatic carbocycles. The lowest BCUT2D eigenvalue weighted by molar-refractivity contribution is 0.131. The Morgan fingerprint density at radius 1 is 1.47 bits per heavy atom. The third-order valence-electron chi connectivity index (χ3n) is 1.95. The van der Waals surface area contributed by atoms with Crippen LogP contribution in [-0.2, 0) is 4.74 Å². The Hall–Kier alpha value is -0.520. The van der Waals surface area contributed by atoms with E-state index < -0.39 is 17.7 Å². The minimum atomic E-state index is -0.789. The number of halogens is 3. The van der Waals surface area contributed by atoms with Crippen LogP contribution in [0.1, 0.15) is 18.5 Å². The van der Waals surface area contributed by atoms with Gasteiger partial charge in [-0.15, -0.1) is 0 Å². The molecule has 0 aromatic heterocycles. The highest BCUT2D eigenvalue weighted by molar-refractivity contribution is 9.10. The summed E-state index contributed by atoms with van der Waals surface area (Å²) in [6.07, 6.45) is 0. The molecule has 1 atom stereocenters. The summed E-state index contributed by atoms with van der Waals surface area (Å²) in [5, 5.41) is 0. The van der Waals surface area contributed by atoms with E-state index in [0.29, 0.717) is 6.61 Å². The van der Waals surface area contributed by atoms with Crippen LogP contribution in [0.3, 0.4) is 0 Å². The summed E-state index contributed by atoms with van der Waals surface area (Å²) in [6, 6.07) is 1.69. The average Bonchev–Trinajstić information content (AvgIpc) is 2.21. The molecule has 0 heterocycles. The topological polar surface area (TPSA) is 35.2 Å². The van der Waals surface area contributed by atoms with Gasteiger partial charge in [0.1, 0.15) is 11.6 Å². The predicted octanol–water partition coefficient (Wildman–Crippen LogP) is 2.76. The van der Waals surface area contributed by atoms with Gasteiger partial charge in [0, 0.05) is 12.2 Å². The molecule has 0 radical (unpaired) electrons. The van der Waals surface area contributed by atoms with Crippen molar-refractivity contribution in [2.24, 2.45) is 5.73 Å². The summed E-state index contributed by atoms with van der Waals surface area (Å²) in [6.45, 7) is 2.35. The highest BCUT2D eigenvalue weighted by Crippen LogP contribution is 2.25. The van der Waals surface area contributed by atoms with Crippen LogP contribution in [0.15, 0.2) is 16.6 Å². The Kier molecular flexibility index (Phi) is 4.63. The summed E-state index contributed by atoms with van der Waals surface area (Å²) < 4.78 is 32.1. The quantitative estimate of drug-likeness (QED) is 0.861. The van der Waals surface area contributed by atoms with Gasteiger partial charge in [-0.25, -0.2) is 8.78 Å². The van der Waals surface area contributed by atoms with Crippen molar-refractivity contribution in [2.75, 3.05) is 13.2 Å². The van der Waals surface area contributed by atoms with Gasteiger partial charge in [-0.1, -0.05) is 0 Å². The summed E-state index contributed by atoms with van der Waals surface area (Å²) in [5.74, 6) is -1.31. The minimum absolute atomic E-state index is 0.0980. The lowest BCUT2D eigenvalue weighted by atomic mass is 10.1. The first-order chi connectivity index (χ1) is 7.07. The fourth-order valence-electron chi connectivity index (χ4n) is 1.21. The van der Waals surface area contributed by atoms with Gasteiger partial charge in [-0.05, 0) is 35.0 Å². The summed E-state index contributed by atoms with van der Waals surface area (Å²) >= 11 is 2.98. The van der Waals surface area contributed by atoms with Gasteiger partial charge < -0.3 is 10.5 Å². The van der Waals surface area contributed by atoms with E-state index in [-0.39, 0.29) is 16.6 Å². The van der Waals surface area contributed by atoms with Crippen molar-refractivity contribution in [1.82, 2.24) is 0 Å². The molecule has 0 amide bonds. The van der Waals surface area contributed by atoms with Crippen molar-refractivity contribution >= 4 is 15.9 Å². The maximum Gasteiger partial charge on any atom is 0.145 e. The van der Waals surface area contributed by atoms with Crippen LogP contribution in [0, 0.1) is 11.6 Å². The molecule has 2 N–H and O–H groups in total. The maximum absolute atomic E-state index is 13.5. The molecule has 1 rings (SSSR count). The molecule has 1 aromatic rings. The molecule has 5 heteroatoms. The number of nitrogens with two attached hydrogens (primary N) is 1. The molecular formula is C10H12BrF2NO. The van der Waals surface area contributed by atoms with Crippen LogP contribution in [0.5, 0.6) is 0 Å². The first kappa shape index (κ1) is 12.5. The second-order valence-electron chi connectivity index (χ2n) is 3.02. The molecule has 84 valence electrons. The number of hydrogen-bond acceptors (Lipinski definition) is 2. The fraction of sp³-hybridized carbons (Fsp3) is 0.400. The highest BCUT2D eigenvalue weighted by atomic mass is 79.9. The molecule has 0 spiro atoms. The van der Waals surface area contributed by atoms with Gasteiger partial charge in [0.2, 0.25) is 0 Å². The van der Waals surface area contributed by atoms with Gasteiger partial charge in [0.25, 0.3) is 0 Å². The third kappa shape index (κ3) is 2.96. The van der Waals surface area contributed by atoms with Crippen LogP contribution < -0.4 is 5.73 Å². The molecule has 2 nitrogen and oxygen atoms in total. The zero-order chi connectivity index (χ0) is 11.4. The van der Waals surface area contributed by atoms with Crippen molar-refractivity contribution in [3.05, 3.63) is 33.8 Å². The molecule has 0 saturated carbocycles. The first-order valence-electron chi connectivity index (χ1n) is 4.54. The van der Waals surface area contributed by atoms with E-state index in [0.717, 1.165) is 0 Å². The molecule has 0 saturated heterocycles. The van der Waals surface area contributed by atoms with Crippen molar-refractivity contribution in [1.29, 1.82) is 0 Å². The van der Waals surface area contributed by atoms with Crippen LogP contribution in [-0.4, -0.2) is 13.2 Å². The van der Waals surface area contributed by atoms with Gasteiger partial charge in [0.15, 0.2) is 0 Å². The monoisotopic (exact) mass is 279 g/mol. The van der Waals surface area contributed by atoms with E-state index >= 15 is 0 Å². The Balaban J connectivity index is 2.96. The van der Waals surface area contributed by atoms with E-state index in [1.54, 1.807) is 6.92 Å². The van der Waals surface area contributed by atoms with E-state index in [4.69, 9.17) is 10.5 Å². The van der Waals surface area contributed by atoms with Crippen LogP contribution in [0.4, 0.5) is 8.78 Å². The fourth-order valence-corrected chi connectivity index (χ4v) is 1.56. The largest absolute Gasteiger partial charge is 0.380 e. The molecule has 1 unspecified atom stereocenters. The van der Waals surface area contributed by atoms with Crippen molar-refractivity contribution < 1.29 is 13.5 Å². The standard InChI is InChI=1S/C10H12BrF2NO/c1-2-15-5-8(14)9-7(12)4-3-6(11)10(9)13/h3-4,8H,2,5,14H2,1H3. The average molecular weight is 280 g/mol.